The molecule has 2 aliphatic heterocycles. The van der Waals surface area contributed by atoms with Gasteiger partial charge in [-0.2, -0.15) is 4.98 Å². The first-order valence-electron chi connectivity index (χ1n) is 12.8. The standard InChI is InChI=1S/C28H33FN6O/c1-19-17-22(29)11-12-23(19)25-24-18-31-28(36)35(20(2)21-9-5-3-6-10-21)26(24)33-27(32-25)30-13-16-34-14-7-4-8-15-34/h3,5-6,9-12,17,20H,4,7-8,13-16,18H2,1-2H3,(H,31,36)(H,30,32,33)/t20-/m0/s1. The van der Waals surface area contributed by atoms with Crippen LogP contribution in [0.15, 0.2) is 48.5 Å². The number of amides is 2. The van der Waals surface area contributed by atoms with E-state index in [9.17, 15) is 9.18 Å². The highest BCUT2D eigenvalue weighted by Crippen LogP contribution is 2.37. The summed E-state index contributed by atoms with van der Waals surface area (Å²) in [5.74, 6) is 0.778. The Morgan fingerprint density at radius 1 is 1.08 bits per heavy atom. The number of halogens is 1. The molecule has 0 bridgehead atoms. The molecule has 2 amide bonds. The molecule has 1 aromatic heterocycles. The molecule has 0 saturated carbocycles. The minimum atomic E-state index is -0.285. The lowest BCUT2D eigenvalue weighted by Crippen LogP contribution is -2.46. The van der Waals surface area contributed by atoms with Gasteiger partial charge in [-0.1, -0.05) is 36.8 Å². The fourth-order valence-electron chi connectivity index (χ4n) is 5.12. The van der Waals surface area contributed by atoms with Crippen LogP contribution >= 0.6 is 0 Å². The Bertz CT molecular complexity index is 1230. The highest BCUT2D eigenvalue weighted by atomic mass is 19.1. The van der Waals surface area contributed by atoms with E-state index < -0.39 is 0 Å². The summed E-state index contributed by atoms with van der Waals surface area (Å²) in [4.78, 5) is 27.0. The third-order valence-corrected chi connectivity index (χ3v) is 7.12. The van der Waals surface area contributed by atoms with E-state index in [2.05, 4.69) is 15.5 Å². The number of hydrogen-bond acceptors (Lipinski definition) is 5. The number of carbonyl (C=O) groups excluding carboxylic acids is 1. The van der Waals surface area contributed by atoms with Crippen molar-refractivity contribution < 1.29 is 9.18 Å². The summed E-state index contributed by atoms with van der Waals surface area (Å²) in [6.45, 7) is 8.05. The Balaban J connectivity index is 1.54. The van der Waals surface area contributed by atoms with Gasteiger partial charge < -0.3 is 15.5 Å². The van der Waals surface area contributed by atoms with Crippen molar-refractivity contribution in [3.63, 3.8) is 0 Å². The van der Waals surface area contributed by atoms with Crippen LogP contribution in [0.3, 0.4) is 0 Å². The number of hydrogen-bond donors (Lipinski definition) is 2. The Morgan fingerprint density at radius 2 is 1.86 bits per heavy atom. The van der Waals surface area contributed by atoms with E-state index in [0.717, 1.165) is 41.9 Å². The van der Waals surface area contributed by atoms with Crippen molar-refractivity contribution in [3.05, 3.63) is 71.0 Å². The molecule has 0 unspecified atom stereocenters. The molecule has 5 rings (SSSR count). The average molecular weight is 489 g/mol. The Morgan fingerprint density at radius 3 is 2.61 bits per heavy atom. The molecule has 188 valence electrons. The molecule has 36 heavy (non-hydrogen) atoms. The average Bonchev–Trinajstić information content (AvgIpc) is 2.89. The first-order valence-corrected chi connectivity index (χ1v) is 12.8. The molecule has 1 atom stereocenters. The van der Waals surface area contributed by atoms with Crippen molar-refractivity contribution in [2.24, 2.45) is 0 Å². The maximum atomic E-state index is 13.9. The largest absolute Gasteiger partial charge is 0.353 e. The van der Waals surface area contributed by atoms with Crippen molar-refractivity contribution in [2.75, 3.05) is 36.4 Å². The van der Waals surface area contributed by atoms with Gasteiger partial charge in [0, 0.05) is 24.2 Å². The number of anilines is 2. The number of fused-ring (bicyclic) bond motifs is 1. The van der Waals surface area contributed by atoms with Gasteiger partial charge in [-0.05, 0) is 69.1 Å². The summed E-state index contributed by atoms with van der Waals surface area (Å²) in [5.41, 5.74) is 4.17. The number of carbonyl (C=O) groups is 1. The third-order valence-electron chi connectivity index (χ3n) is 7.12. The zero-order valence-corrected chi connectivity index (χ0v) is 20.9. The Labute approximate surface area is 211 Å². The Hall–Kier alpha value is -3.52. The van der Waals surface area contributed by atoms with E-state index in [4.69, 9.17) is 9.97 Å². The van der Waals surface area contributed by atoms with Crippen molar-refractivity contribution in [1.82, 2.24) is 20.2 Å². The van der Waals surface area contributed by atoms with Crippen LogP contribution < -0.4 is 15.5 Å². The number of aromatic nitrogens is 2. The summed E-state index contributed by atoms with van der Waals surface area (Å²) in [6.07, 6.45) is 3.78. The van der Waals surface area contributed by atoms with Crippen LogP contribution in [0.4, 0.5) is 21.0 Å². The number of likely N-dealkylation sites (tertiary alicyclic amines) is 1. The van der Waals surface area contributed by atoms with Crippen molar-refractivity contribution >= 4 is 17.8 Å². The van der Waals surface area contributed by atoms with Crippen molar-refractivity contribution in [1.29, 1.82) is 0 Å². The van der Waals surface area contributed by atoms with E-state index in [-0.39, 0.29) is 17.9 Å². The molecule has 2 aromatic carbocycles. The molecule has 8 heteroatoms. The van der Waals surface area contributed by atoms with Gasteiger partial charge in [-0.3, -0.25) is 4.90 Å². The minimum absolute atomic E-state index is 0.196. The molecule has 2 N–H and O–H groups in total. The maximum absolute atomic E-state index is 13.9. The summed E-state index contributed by atoms with van der Waals surface area (Å²) in [7, 11) is 0. The molecule has 1 saturated heterocycles. The quantitative estimate of drug-likeness (QED) is 0.473. The van der Waals surface area contributed by atoms with Crippen LogP contribution in [0.2, 0.25) is 0 Å². The van der Waals surface area contributed by atoms with Crippen LogP contribution in [0, 0.1) is 12.7 Å². The molecular formula is C28H33FN6O. The van der Waals surface area contributed by atoms with Crippen LogP contribution in [0.5, 0.6) is 0 Å². The number of piperidine rings is 1. The predicted octanol–water partition coefficient (Wildman–Crippen LogP) is 5.28. The van der Waals surface area contributed by atoms with E-state index >= 15 is 0 Å². The number of urea groups is 1. The molecule has 3 aromatic rings. The molecular weight excluding hydrogens is 455 g/mol. The topological polar surface area (TPSA) is 73.4 Å². The summed E-state index contributed by atoms with van der Waals surface area (Å²) in [6, 6.07) is 14.2. The predicted molar refractivity (Wildman–Crippen MR) is 141 cm³/mol. The maximum Gasteiger partial charge on any atom is 0.323 e. The molecule has 0 radical (unpaired) electrons. The second-order valence-electron chi connectivity index (χ2n) is 9.60. The molecule has 0 aliphatic carbocycles. The van der Waals surface area contributed by atoms with Gasteiger partial charge in [0.2, 0.25) is 5.95 Å². The van der Waals surface area contributed by atoms with Gasteiger partial charge >= 0.3 is 6.03 Å². The summed E-state index contributed by atoms with van der Waals surface area (Å²) >= 11 is 0. The van der Waals surface area contributed by atoms with E-state index in [1.807, 2.05) is 44.2 Å². The number of aryl methyl sites for hydroxylation is 1. The van der Waals surface area contributed by atoms with Crippen LogP contribution in [0.1, 0.15) is 48.9 Å². The second kappa shape index (κ2) is 10.6. The third kappa shape index (κ3) is 5.04. The molecule has 7 nitrogen and oxygen atoms in total. The van der Waals surface area contributed by atoms with E-state index in [0.29, 0.717) is 30.5 Å². The first kappa shape index (κ1) is 24.2. The fraction of sp³-hybridized carbons (Fsp3) is 0.393. The Kier molecular flexibility index (Phi) is 7.13. The lowest BCUT2D eigenvalue weighted by Gasteiger charge is -2.35. The highest BCUT2D eigenvalue weighted by Gasteiger charge is 2.33. The number of nitrogens with one attached hydrogen (secondary N) is 2. The van der Waals surface area contributed by atoms with Crippen molar-refractivity contribution in [3.8, 4) is 11.3 Å². The number of nitrogens with zero attached hydrogens (tertiary/aromatic N) is 4. The number of rotatable bonds is 7. The minimum Gasteiger partial charge on any atom is -0.353 e. The van der Waals surface area contributed by atoms with Gasteiger partial charge in [-0.15, -0.1) is 0 Å². The molecule has 1 fully saturated rings. The molecule has 3 heterocycles. The summed E-state index contributed by atoms with van der Waals surface area (Å²) in [5, 5.41) is 6.39. The zero-order valence-electron chi connectivity index (χ0n) is 20.9. The molecule has 0 spiro atoms. The van der Waals surface area contributed by atoms with Gasteiger partial charge in [0.05, 0.1) is 18.3 Å². The van der Waals surface area contributed by atoms with Crippen molar-refractivity contribution in [2.45, 2.75) is 45.7 Å². The first-order chi connectivity index (χ1) is 17.5. The molecule has 2 aliphatic rings. The zero-order chi connectivity index (χ0) is 25.1. The van der Waals surface area contributed by atoms with Crippen LogP contribution in [0.25, 0.3) is 11.3 Å². The van der Waals surface area contributed by atoms with Gasteiger partial charge in [-0.25, -0.2) is 14.2 Å². The van der Waals surface area contributed by atoms with Crippen LogP contribution in [-0.4, -0.2) is 47.1 Å². The lowest BCUT2D eigenvalue weighted by molar-refractivity contribution is 0.237. The van der Waals surface area contributed by atoms with Gasteiger partial charge in [0.1, 0.15) is 11.6 Å². The smallest absolute Gasteiger partial charge is 0.323 e. The lowest BCUT2D eigenvalue weighted by atomic mass is 9.99. The fourth-order valence-corrected chi connectivity index (χ4v) is 5.12. The second-order valence-corrected chi connectivity index (χ2v) is 9.60. The number of benzene rings is 2. The SMILES string of the molecule is Cc1cc(F)ccc1-c1nc(NCCN2CCCCC2)nc2c1CNC(=O)N2[C@@H](C)c1ccccc1. The van der Waals surface area contributed by atoms with E-state index in [1.54, 1.807) is 11.0 Å². The summed E-state index contributed by atoms with van der Waals surface area (Å²) < 4.78 is 13.9. The monoisotopic (exact) mass is 488 g/mol. The van der Waals surface area contributed by atoms with Gasteiger partial charge in [0.25, 0.3) is 0 Å². The van der Waals surface area contributed by atoms with Crippen LogP contribution in [-0.2, 0) is 6.54 Å². The normalized spacial score (nSPS) is 16.9. The van der Waals surface area contributed by atoms with Gasteiger partial charge in [0.15, 0.2) is 0 Å². The highest BCUT2D eigenvalue weighted by molar-refractivity contribution is 5.96. The van der Waals surface area contributed by atoms with E-state index in [1.165, 1.54) is 31.4 Å².